The molecule has 2 atom stereocenters. The van der Waals surface area contributed by atoms with E-state index in [1.54, 1.807) is 6.92 Å². The molecule has 0 aromatic carbocycles. The molecule has 0 heterocycles. The summed E-state index contributed by atoms with van der Waals surface area (Å²) in [5.41, 5.74) is 5.56. The normalized spacial score (nSPS) is 13.0. The van der Waals surface area contributed by atoms with E-state index >= 15 is 0 Å². The molecule has 0 spiro atoms. The van der Waals surface area contributed by atoms with Gasteiger partial charge in [0.15, 0.2) is 0 Å². The summed E-state index contributed by atoms with van der Waals surface area (Å²) in [6.45, 7) is 2.22. The lowest BCUT2D eigenvalue weighted by Crippen LogP contribution is -2.48. The molecule has 6 N–H and O–H groups in total. The summed E-state index contributed by atoms with van der Waals surface area (Å²) in [6.07, 6.45) is -0.497. The Morgan fingerprint density at radius 1 is 1.10 bits per heavy atom. The first-order chi connectivity index (χ1) is 9.77. The third kappa shape index (κ3) is 8.58. The summed E-state index contributed by atoms with van der Waals surface area (Å²) in [5.74, 6) is -3.46. The Balaban J connectivity index is 4.30. The van der Waals surface area contributed by atoms with Gasteiger partial charge < -0.3 is 26.6 Å². The molecule has 0 bridgehead atoms. The Hall–Kier alpha value is -2.16. The standard InChI is InChI=1S/C12H21N3O6/c1-2-14-9(16)5-3-7(13)11(19)15-8(12(20)21)4-6-10(17)18/h7-8H,2-6,13H2,1H3,(H,14,16)(H,15,19)(H,17,18)(H,20,21)/t7-,8-/m0/s1. The van der Waals surface area contributed by atoms with Crippen molar-refractivity contribution in [1.29, 1.82) is 0 Å². The molecule has 0 fully saturated rings. The molecule has 21 heavy (non-hydrogen) atoms. The van der Waals surface area contributed by atoms with Crippen molar-refractivity contribution in [3.8, 4) is 0 Å². The minimum absolute atomic E-state index is 0.0509. The van der Waals surface area contributed by atoms with E-state index in [9.17, 15) is 19.2 Å². The summed E-state index contributed by atoms with van der Waals surface area (Å²) in [4.78, 5) is 44.2. The van der Waals surface area contributed by atoms with Gasteiger partial charge in [0.25, 0.3) is 0 Å². The van der Waals surface area contributed by atoms with Gasteiger partial charge in [-0.1, -0.05) is 0 Å². The van der Waals surface area contributed by atoms with Crippen molar-refractivity contribution in [2.24, 2.45) is 5.73 Å². The third-order valence-electron chi connectivity index (χ3n) is 2.65. The molecule has 0 aromatic rings. The minimum Gasteiger partial charge on any atom is -0.481 e. The van der Waals surface area contributed by atoms with E-state index in [1.165, 1.54) is 0 Å². The lowest BCUT2D eigenvalue weighted by Gasteiger charge is -2.17. The van der Waals surface area contributed by atoms with E-state index in [0.29, 0.717) is 6.54 Å². The van der Waals surface area contributed by atoms with Gasteiger partial charge in [-0.15, -0.1) is 0 Å². The Bertz CT molecular complexity index is 398. The van der Waals surface area contributed by atoms with Crippen molar-refractivity contribution < 1.29 is 29.4 Å². The molecule has 0 saturated heterocycles. The van der Waals surface area contributed by atoms with E-state index in [-0.39, 0.29) is 31.6 Å². The van der Waals surface area contributed by atoms with Crippen LogP contribution in [0.4, 0.5) is 0 Å². The van der Waals surface area contributed by atoms with Gasteiger partial charge in [0.1, 0.15) is 6.04 Å². The molecule has 0 aliphatic heterocycles. The molecule has 0 aromatic heterocycles. The van der Waals surface area contributed by atoms with Crippen molar-refractivity contribution in [1.82, 2.24) is 10.6 Å². The minimum atomic E-state index is -1.33. The van der Waals surface area contributed by atoms with E-state index in [0.717, 1.165) is 0 Å². The van der Waals surface area contributed by atoms with Gasteiger partial charge in [-0.2, -0.15) is 0 Å². The fourth-order valence-electron chi connectivity index (χ4n) is 1.51. The number of carboxylic acids is 2. The third-order valence-corrected chi connectivity index (χ3v) is 2.65. The highest BCUT2D eigenvalue weighted by Crippen LogP contribution is 2.01. The van der Waals surface area contributed by atoms with E-state index in [4.69, 9.17) is 15.9 Å². The summed E-state index contributed by atoms with van der Waals surface area (Å²) in [6, 6.07) is -2.34. The predicted octanol–water partition coefficient (Wildman–Crippen LogP) is -1.34. The monoisotopic (exact) mass is 303 g/mol. The Morgan fingerprint density at radius 2 is 1.71 bits per heavy atom. The van der Waals surface area contributed by atoms with Crippen molar-refractivity contribution in [2.75, 3.05) is 6.54 Å². The van der Waals surface area contributed by atoms with Gasteiger partial charge in [0.2, 0.25) is 11.8 Å². The first kappa shape index (κ1) is 18.8. The van der Waals surface area contributed by atoms with Crippen molar-refractivity contribution in [2.45, 2.75) is 44.7 Å². The molecule has 0 aliphatic carbocycles. The number of hydrogen-bond donors (Lipinski definition) is 5. The van der Waals surface area contributed by atoms with Crippen LogP contribution in [0.5, 0.6) is 0 Å². The molecule has 9 nitrogen and oxygen atoms in total. The van der Waals surface area contributed by atoms with Gasteiger partial charge in [-0.25, -0.2) is 4.79 Å². The second kappa shape index (κ2) is 9.70. The molecule has 0 saturated carbocycles. The molecule has 9 heteroatoms. The number of hydrogen-bond acceptors (Lipinski definition) is 5. The van der Waals surface area contributed by atoms with Crippen LogP contribution in [0.2, 0.25) is 0 Å². The maximum Gasteiger partial charge on any atom is 0.326 e. The van der Waals surface area contributed by atoms with E-state index in [1.807, 2.05) is 0 Å². The highest BCUT2D eigenvalue weighted by molar-refractivity contribution is 5.87. The lowest BCUT2D eigenvalue weighted by molar-refractivity contribution is -0.143. The Morgan fingerprint density at radius 3 is 2.19 bits per heavy atom. The van der Waals surface area contributed by atoms with Gasteiger partial charge in [0.05, 0.1) is 6.04 Å². The average Bonchev–Trinajstić information content (AvgIpc) is 2.40. The molecule has 0 rings (SSSR count). The smallest absolute Gasteiger partial charge is 0.326 e. The Kier molecular flexibility index (Phi) is 8.70. The quantitative estimate of drug-likeness (QED) is 0.334. The topological polar surface area (TPSA) is 159 Å². The van der Waals surface area contributed by atoms with Gasteiger partial charge in [-0.05, 0) is 19.8 Å². The van der Waals surface area contributed by atoms with Crippen LogP contribution in [0.15, 0.2) is 0 Å². The first-order valence-electron chi connectivity index (χ1n) is 6.55. The highest BCUT2D eigenvalue weighted by atomic mass is 16.4. The number of nitrogens with one attached hydrogen (secondary N) is 2. The summed E-state index contributed by atoms with van der Waals surface area (Å²) in [7, 11) is 0. The number of carbonyl (C=O) groups excluding carboxylic acids is 2. The van der Waals surface area contributed by atoms with Crippen molar-refractivity contribution in [3.05, 3.63) is 0 Å². The summed E-state index contributed by atoms with van der Waals surface area (Å²) >= 11 is 0. The second-order valence-electron chi connectivity index (χ2n) is 4.43. The van der Waals surface area contributed by atoms with Gasteiger partial charge >= 0.3 is 11.9 Å². The number of carboxylic acid groups (broad SMARTS) is 2. The van der Waals surface area contributed by atoms with E-state index in [2.05, 4.69) is 10.6 Å². The lowest BCUT2D eigenvalue weighted by atomic mass is 10.1. The maximum atomic E-state index is 11.7. The van der Waals surface area contributed by atoms with Crippen LogP contribution in [-0.4, -0.2) is 52.6 Å². The molecule has 0 unspecified atom stereocenters. The molecule has 0 radical (unpaired) electrons. The van der Waals surface area contributed by atoms with E-state index < -0.39 is 29.9 Å². The zero-order chi connectivity index (χ0) is 16.4. The number of rotatable bonds is 10. The molecule has 0 aliphatic rings. The highest BCUT2D eigenvalue weighted by Gasteiger charge is 2.24. The summed E-state index contributed by atoms with van der Waals surface area (Å²) in [5, 5.41) is 22.1. The van der Waals surface area contributed by atoms with Gasteiger partial charge in [-0.3, -0.25) is 14.4 Å². The van der Waals surface area contributed by atoms with Crippen LogP contribution in [0, 0.1) is 0 Å². The van der Waals surface area contributed by atoms with Crippen LogP contribution >= 0.6 is 0 Å². The zero-order valence-electron chi connectivity index (χ0n) is 11.8. The molecule has 120 valence electrons. The molecule has 2 amide bonds. The summed E-state index contributed by atoms with van der Waals surface area (Å²) < 4.78 is 0. The Labute approximate surface area is 121 Å². The average molecular weight is 303 g/mol. The molecular formula is C12H21N3O6. The van der Waals surface area contributed by atoms with Crippen molar-refractivity contribution >= 4 is 23.8 Å². The first-order valence-corrected chi connectivity index (χ1v) is 6.55. The van der Waals surface area contributed by atoms with Crippen LogP contribution in [0.3, 0.4) is 0 Å². The van der Waals surface area contributed by atoms with Gasteiger partial charge in [0, 0.05) is 19.4 Å². The SMILES string of the molecule is CCNC(=O)CC[C@H](N)C(=O)N[C@@H](CCC(=O)O)C(=O)O. The largest absolute Gasteiger partial charge is 0.481 e. The number of carbonyl (C=O) groups is 4. The van der Waals surface area contributed by atoms with Crippen LogP contribution in [0.25, 0.3) is 0 Å². The van der Waals surface area contributed by atoms with Crippen LogP contribution in [-0.2, 0) is 19.2 Å². The van der Waals surface area contributed by atoms with Crippen molar-refractivity contribution in [3.63, 3.8) is 0 Å². The number of nitrogens with two attached hydrogens (primary N) is 1. The fraction of sp³-hybridized carbons (Fsp3) is 0.667. The maximum absolute atomic E-state index is 11.7. The second-order valence-corrected chi connectivity index (χ2v) is 4.43. The fourth-order valence-corrected chi connectivity index (χ4v) is 1.51. The number of aliphatic carboxylic acids is 2. The predicted molar refractivity (Wildman–Crippen MR) is 72.3 cm³/mol. The van der Waals surface area contributed by atoms with Crippen LogP contribution in [0.1, 0.15) is 32.6 Å². The molecular weight excluding hydrogens is 282 g/mol. The zero-order valence-corrected chi connectivity index (χ0v) is 11.8. The van der Waals surface area contributed by atoms with Crippen LogP contribution < -0.4 is 16.4 Å². The number of amides is 2.